The molecule has 1 aliphatic heterocycles. The maximum atomic E-state index is 12.8. The smallest absolute Gasteiger partial charge is 0.243 e. The molecule has 2 aliphatic rings. The van der Waals surface area contributed by atoms with Crippen LogP contribution < -0.4 is 5.73 Å². The van der Waals surface area contributed by atoms with Crippen molar-refractivity contribution in [2.45, 2.75) is 57.7 Å². The Morgan fingerprint density at radius 1 is 1.40 bits per heavy atom. The van der Waals surface area contributed by atoms with E-state index >= 15 is 0 Å². The topological polar surface area (TPSA) is 64.8 Å². The van der Waals surface area contributed by atoms with Crippen molar-refractivity contribution >= 4 is 5.91 Å². The fraction of sp³-hybridized carbons (Fsp3) is 0.933. The molecule has 0 aromatic heterocycles. The summed E-state index contributed by atoms with van der Waals surface area (Å²) in [5, 5.41) is 0. The normalized spacial score (nSPS) is 33.5. The molecule has 2 fully saturated rings. The first kappa shape index (κ1) is 15.7. The molecule has 0 radical (unpaired) electrons. The van der Waals surface area contributed by atoms with E-state index < -0.39 is 5.54 Å². The highest BCUT2D eigenvalue weighted by Crippen LogP contribution is 2.50. The Labute approximate surface area is 121 Å². The lowest BCUT2D eigenvalue weighted by atomic mass is 9.54. The summed E-state index contributed by atoms with van der Waals surface area (Å²) in [5.41, 5.74) is 5.32. The van der Waals surface area contributed by atoms with E-state index in [9.17, 15) is 4.79 Å². The molecular formula is C15H28N2O3. The van der Waals surface area contributed by atoms with E-state index in [2.05, 4.69) is 0 Å². The van der Waals surface area contributed by atoms with Gasteiger partial charge in [-0.25, -0.2) is 0 Å². The van der Waals surface area contributed by atoms with Gasteiger partial charge < -0.3 is 20.1 Å². The molecule has 0 aromatic rings. The number of carbonyl (C=O) groups is 1. The Hall–Kier alpha value is -0.650. The standard InChI is InChI=1S/C15H28N2O3/c1-5-20-12-10-15(16,14(12,2)3)13(18)17(4)11-6-8-19-9-7-11/h11-12H,5-10,16H2,1-4H3. The Kier molecular flexibility index (Phi) is 4.42. The highest BCUT2D eigenvalue weighted by atomic mass is 16.5. The molecule has 5 heteroatoms. The third-order valence-corrected chi connectivity index (χ3v) is 5.27. The second-order valence-electron chi connectivity index (χ2n) is 6.60. The maximum Gasteiger partial charge on any atom is 0.243 e. The number of likely N-dealkylation sites (N-methyl/N-ethyl adjacent to an activating group) is 1. The van der Waals surface area contributed by atoms with Crippen molar-refractivity contribution < 1.29 is 14.3 Å². The summed E-state index contributed by atoms with van der Waals surface area (Å²) in [6.07, 6.45) is 2.48. The van der Waals surface area contributed by atoms with Crippen LogP contribution in [0.5, 0.6) is 0 Å². The monoisotopic (exact) mass is 284 g/mol. The van der Waals surface area contributed by atoms with Gasteiger partial charge in [0.1, 0.15) is 5.54 Å². The van der Waals surface area contributed by atoms with E-state index in [-0.39, 0.29) is 23.5 Å². The highest BCUT2D eigenvalue weighted by molar-refractivity contribution is 5.89. The number of ether oxygens (including phenoxy) is 2. The molecule has 0 spiro atoms. The van der Waals surface area contributed by atoms with Crippen molar-refractivity contribution in [2.75, 3.05) is 26.9 Å². The molecule has 2 unspecified atom stereocenters. The van der Waals surface area contributed by atoms with Gasteiger partial charge in [-0.1, -0.05) is 13.8 Å². The first-order valence-electron chi connectivity index (χ1n) is 7.60. The van der Waals surface area contributed by atoms with Crippen LogP contribution >= 0.6 is 0 Å². The van der Waals surface area contributed by atoms with Gasteiger partial charge in [0.05, 0.1) is 6.10 Å². The summed E-state index contributed by atoms with van der Waals surface area (Å²) in [6.45, 7) is 8.16. The molecule has 1 saturated heterocycles. The molecular weight excluding hydrogens is 256 g/mol. The number of hydrogen-bond acceptors (Lipinski definition) is 4. The van der Waals surface area contributed by atoms with Gasteiger partial charge in [0, 0.05) is 44.7 Å². The van der Waals surface area contributed by atoms with E-state index in [0.29, 0.717) is 13.0 Å². The van der Waals surface area contributed by atoms with Crippen LogP contribution in [0.1, 0.15) is 40.0 Å². The number of nitrogens with two attached hydrogens (primary N) is 1. The zero-order chi connectivity index (χ0) is 15.0. The van der Waals surface area contributed by atoms with E-state index in [0.717, 1.165) is 26.1 Å². The summed E-state index contributed by atoms with van der Waals surface area (Å²) in [6, 6.07) is 0.249. The fourth-order valence-electron chi connectivity index (χ4n) is 3.35. The zero-order valence-electron chi connectivity index (χ0n) is 13.1. The van der Waals surface area contributed by atoms with Crippen LogP contribution in [0.25, 0.3) is 0 Å². The van der Waals surface area contributed by atoms with Gasteiger partial charge in [0.15, 0.2) is 0 Å². The molecule has 1 amide bonds. The van der Waals surface area contributed by atoms with Crippen molar-refractivity contribution in [3.8, 4) is 0 Å². The van der Waals surface area contributed by atoms with Gasteiger partial charge in [0.25, 0.3) is 0 Å². The third kappa shape index (κ3) is 2.36. The Balaban J connectivity index is 2.04. The first-order chi connectivity index (χ1) is 9.34. The number of carbonyl (C=O) groups excluding carboxylic acids is 1. The van der Waals surface area contributed by atoms with Crippen molar-refractivity contribution in [3.63, 3.8) is 0 Å². The predicted molar refractivity (Wildman–Crippen MR) is 77.3 cm³/mol. The number of hydrogen-bond donors (Lipinski definition) is 1. The van der Waals surface area contributed by atoms with Crippen LogP contribution in [0.2, 0.25) is 0 Å². The van der Waals surface area contributed by atoms with Crippen molar-refractivity contribution in [1.29, 1.82) is 0 Å². The largest absolute Gasteiger partial charge is 0.381 e. The summed E-state index contributed by atoms with van der Waals surface area (Å²) in [5.74, 6) is 0.0466. The number of nitrogens with zero attached hydrogens (tertiary/aromatic N) is 1. The van der Waals surface area contributed by atoms with Crippen molar-refractivity contribution in [3.05, 3.63) is 0 Å². The Morgan fingerprint density at radius 2 is 2.00 bits per heavy atom. The molecule has 1 aliphatic carbocycles. The summed E-state index contributed by atoms with van der Waals surface area (Å²) in [4.78, 5) is 14.7. The van der Waals surface area contributed by atoms with E-state index in [4.69, 9.17) is 15.2 Å². The van der Waals surface area contributed by atoms with E-state index in [1.807, 2.05) is 32.7 Å². The van der Waals surface area contributed by atoms with E-state index in [1.54, 1.807) is 0 Å². The van der Waals surface area contributed by atoms with Crippen LogP contribution in [0.15, 0.2) is 0 Å². The molecule has 2 rings (SSSR count). The average Bonchev–Trinajstić information content (AvgIpc) is 2.46. The molecule has 20 heavy (non-hydrogen) atoms. The highest BCUT2D eigenvalue weighted by Gasteiger charge is 2.63. The SMILES string of the molecule is CCOC1CC(N)(C(=O)N(C)C2CCOCC2)C1(C)C. The lowest BCUT2D eigenvalue weighted by molar-refractivity contribution is -0.180. The number of rotatable bonds is 4. The average molecular weight is 284 g/mol. The minimum absolute atomic E-state index is 0.0466. The first-order valence-corrected chi connectivity index (χ1v) is 7.60. The van der Waals surface area contributed by atoms with Crippen LogP contribution in [-0.4, -0.2) is 55.4 Å². The summed E-state index contributed by atoms with van der Waals surface area (Å²) < 4.78 is 11.0. The molecule has 0 bridgehead atoms. The Morgan fingerprint density at radius 3 is 2.50 bits per heavy atom. The molecule has 1 saturated carbocycles. The lowest BCUT2D eigenvalue weighted by Crippen LogP contribution is -2.76. The molecule has 1 heterocycles. The third-order valence-electron chi connectivity index (χ3n) is 5.27. The van der Waals surface area contributed by atoms with Gasteiger partial charge in [-0.15, -0.1) is 0 Å². The van der Waals surface area contributed by atoms with Gasteiger partial charge in [0.2, 0.25) is 5.91 Å². The molecule has 0 aromatic carbocycles. The van der Waals surface area contributed by atoms with Crippen molar-refractivity contribution in [2.24, 2.45) is 11.1 Å². The molecule has 2 atom stereocenters. The predicted octanol–water partition coefficient (Wildman–Crippen LogP) is 1.16. The molecule has 116 valence electrons. The van der Waals surface area contributed by atoms with Crippen LogP contribution in [-0.2, 0) is 14.3 Å². The molecule has 2 N–H and O–H groups in total. The van der Waals surface area contributed by atoms with Gasteiger partial charge in [-0.05, 0) is 19.8 Å². The van der Waals surface area contributed by atoms with Crippen molar-refractivity contribution in [1.82, 2.24) is 4.90 Å². The second-order valence-corrected chi connectivity index (χ2v) is 6.60. The summed E-state index contributed by atoms with van der Waals surface area (Å²) >= 11 is 0. The minimum Gasteiger partial charge on any atom is -0.381 e. The van der Waals surface area contributed by atoms with Crippen LogP contribution in [0.4, 0.5) is 0 Å². The fourth-order valence-corrected chi connectivity index (χ4v) is 3.35. The van der Waals surface area contributed by atoms with Crippen LogP contribution in [0, 0.1) is 5.41 Å². The minimum atomic E-state index is -0.806. The van der Waals surface area contributed by atoms with Gasteiger partial charge in [-0.3, -0.25) is 4.79 Å². The lowest BCUT2D eigenvalue weighted by Gasteiger charge is -2.59. The molecule has 5 nitrogen and oxygen atoms in total. The summed E-state index contributed by atoms with van der Waals surface area (Å²) in [7, 11) is 1.87. The van der Waals surface area contributed by atoms with Crippen LogP contribution in [0.3, 0.4) is 0 Å². The van der Waals surface area contributed by atoms with Gasteiger partial charge >= 0.3 is 0 Å². The number of amides is 1. The maximum absolute atomic E-state index is 12.8. The second kappa shape index (κ2) is 5.62. The Bertz CT molecular complexity index is 366. The quantitative estimate of drug-likeness (QED) is 0.841. The van der Waals surface area contributed by atoms with Gasteiger partial charge in [-0.2, -0.15) is 0 Å². The van der Waals surface area contributed by atoms with E-state index in [1.165, 1.54) is 0 Å². The zero-order valence-corrected chi connectivity index (χ0v) is 13.1.